The molecule has 34 heavy (non-hydrogen) atoms. The Hall–Kier alpha value is -2.99. The molecule has 3 aromatic rings. The van der Waals surface area contributed by atoms with Gasteiger partial charge >= 0.3 is 0 Å². The highest BCUT2D eigenvalue weighted by Gasteiger charge is 2.56. The van der Waals surface area contributed by atoms with Crippen LogP contribution in [0.3, 0.4) is 0 Å². The number of fused-ring (bicyclic) bond motifs is 1. The number of hydrogen-bond acceptors (Lipinski definition) is 8. The monoisotopic (exact) mass is 512 g/mol. The maximum atomic E-state index is 13.2. The Morgan fingerprint density at radius 2 is 1.97 bits per heavy atom. The zero-order valence-corrected chi connectivity index (χ0v) is 20.5. The zero-order valence-electron chi connectivity index (χ0n) is 18.0. The van der Waals surface area contributed by atoms with Crippen LogP contribution in [-0.2, 0) is 14.9 Å². The van der Waals surface area contributed by atoms with Gasteiger partial charge in [-0.3, -0.25) is 14.2 Å². The summed E-state index contributed by atoms with van der Waals surface area (Å²) in [5, 5.41) is 6.99. The van der Waals surface area contributed by atoms with Gasteiger partial charge in [-0.2, -0.15) is 13.5 Å². The van der Waals surface area contributed by atoms with E-state index >= 15 is 0 Å². The molecule has 1 unspecified atom stereocenters. The third kappa shape index (κ3) is 3.94. The number of anilines is 2. The first-order valence-electron chi connectivity index (χ1n) is 10.4. The van der Waals surface area contributed by atoms with E-state index in [2.05, 4.69) is 0 Å². The minimum Gasteiger partial charge on any atom is -0.282 e. The molecule has 5 rings (SSSR count). The van der Waals surface area contributed by atoms with Gasteiger partial charge < -0.3 is 0 Å². The number of thiazole rings is 1. The van der Waals surface area contributed by atoms with E-state index in [1.165, 1.54) is 35.2 Å². The van der Waals surface area contributed by atoms with Gasteiger partial charge in [-0.1, -0.05) is 59.5 Å². The van der Waals surface area contributed by atoms with Crippen molar-refractivity contribution in [1.29, 1.82) is 0 Å². The minimum absolute atomic E-state index is 0.103. The molecule has 0 bridgehead atoms. The van der Waals surface area contributed by atoms with Gasteiger partial charge in [0.25, 0.3) is 10.1 Å². The lowest BCUT2D eigenvalue weighted by molar-refractivity contribution is -0.116. The molecule has 0 saturated carbocycles. The molecule has 0 aliphatic carbocycles. The summed E-state index contributed by atoms with van der Waals surface area (Å²) < 4.78 is 34.1. The van der Waals surface area contributed by atoms with Gasteiger partial charge in [-0.05, 0) is 43.3 Å². The normalized spacial score (nSPS) is 21.1. The molecule has 1 atom stereocenters. The number of thioether (sulfide) groups is 1. The zero-order chi connectivity index (χ0) is 23.9. The van der Waals surface area contributed by atoms with Crippen LogP contribution in [-0.4, -0.2) is 40.3 Å². The van der Waals surface area contributed by atoms with Crippen LogP contribution in [0.1, 0.15) is 13.3 Å². The second kappa shape index (κ2) is 8.66. The number of rotatable bonds is 5. The first-order valence-corrected chi connectivity index (χ1v) is 13.6. The number of amides is 1. The molecular weight excluding hydrogens is 492 g/mol. The van der Waals surface area contributed by atoms with E-state index < -0.39 is 15.1 Å². The third-order valence-corrected chi connectivity index (χ3v) is 8.65. The lowest BCUT2D eigenvalue weighted by Gasteiger charge is -2.39. The van der Waals surface area contributed by atoms with Crippen molar-refractivity contribution in [3.63, 3.8) is 0 Å². The SMILES string of the molecule is CC=CC=CC1=NN(c2cccc(S(=O)(=O)O)c2)C2(C1)SCC(=O)N2c1nc2ccccc2s1. The maximum absolute atomic E-state index is 13.2. The van der Waals surface area contributed by atoms with Crippen LogP contribution in [0, 0.1) is 0 Å². The number of carbonyl (C=O) groups is 1. The largest absolute Gasteiger partial charge is 0.294 e. The molecule has 2 aromatic carbocycles. The maximum Gasteiger partial charge on any atom is 0.294 e. The van der Waals surface area contributed by atoms with Crippen molar-refractivity contribution in [2.24, 2.45) is 5.10 Å². The number of benzene rings is 2. The highest BCUT2D eigenvalue weighted by Crippen LogP contribution is 2.51. The Morgan fingerprint density at radius 1 is 1.15 bits per heavy atom. The number of aromatic nitrogens is 1. The first-order chi connectivity index (χ1) is 16.3. The highest BCUT2D eigenvalue weighted by molar-refractivity contribution is 8.02. The summed E-state index contributed by atoms with van der Waals surface area (Å²) in [7, 11) is -4.41. The van der Waals surface area contributed by atoms with Crippen LogP contribution < -0.4 is 9.91 Å². The van der Waals surface area contributed by atoms with Gasteiger partial charge in [0, 0.05) is 6.42 Å². The van der Waals surface area contributed by atoms with E-state index in [4.69, 9.17) is 10.1 Å². The molecular formula is C23H20N4O4S3. The first kappa shape index (κ1) is 22.8. The molecule has 2 aliphatic heterocycles. The van der Waals surface area contributed by atoms with Gasteiger partial charge in [0.15, 0.2) is 10.1 Å². The Bertz CT molecular complexity index is 1450. The van der Waals surface area contributed by atoms with Crippen LogP contribution >= 0.6 is 23.1 Å². The molecule has 11 heteroatoms. The van der Waals surface area contributed by atoms with Crippen LogP contribution in [0.5, 0.6) is 0 Å². The van der Waals surface area contributed by atoms with Crippen LogP contribution in [0.15, 0.2) is 82.8 Å². The molecule has 0 radical (unpaired) electrons. The summed E-state index contributed by atoms with van der Waals surface area (Å²) in [6.45, 7) is 1.91. The lowest BCUT2D eigenvalue weighted by atomic mass is 10.2. The molecule has 174 valence electrons. The van der Waals surface area contributed by atoms with Crippen molar-refractivity contribution < 1.29 is 17.8 Å². The quantitative estimate of drug-likeness (QED) is 0.391. The Labute approximate surface area is 205 Å². The van der Waals surface area contributed by atoms with Crippen molar-refractivity contribution in [3.05, 3.63) is 72.8 Å². The lowest BCUT2D eigenvalue weighted by Crippen LogP contribution is -2.53. The minimum atomic E-state index is -4.41. The molecule has 3 heterocycles. The predicted molar refractivity (Wildman–Crippen MR) is 137 cm³/mol. The second-order valence-electron chi connectivity index (χ2n) is 7.66. The van der Waals surface area contributed by atoms with Gasteiger partial charge in [-0.15, -0.1) is 0 Å². The molecule has 8 nitrogen and oxygen atoms in total. The van der Waals surface area contributed by atoms with Gasteiger partial charge in [0.1, 0.15) is 0 Å². The average molecular weight is 513 g/mol. The van der Waals surface area contributed by atoms with E-state index in [9.17, 15) is 17.8 Å². The molecule has 1 saturated heterocycles. The van der Waals surface area contributed by atoms with E-state index in [1.54, 1.807) is 22.0 Å². The van der Waals surface area contributed by atoms with E-state index in [0.29, 0.717) is 17.2 Å². The number of para-hydroxylation sites is 1. The van der Waals surface area contributed by atoms with Crippen molar-refractivity contribution in [3.8, 4) is 0 Å². The van der Waals surface area contributed by atoms with Gasteiger partial charge in [-0.25, -0.2) is 9.99 Å². The Balaban J connectivity index is 1.65. The van der Waals surface area contributed by atoms with Crippen molar-refractivity contribution in [2.75, 3.05) is 15.7 Å². The summed E-state index contributed by atoms with van der Waals surface area (Å²) >= 11 is 2.85. The van der Waals surface area contributed by atoms with E-state index in [0.717, 1.165) is 15.9 Å². The highest BCUT2D eigenvalue weighted by atomic mass is 32.2. The van der Waals surface area contributed by atoms with E-state index in [-0.39, 0.29) is 16.6 Å². The second-order valence-corrected chi connectivity index (χ2v) is 11.3. The number of hydrazone groups is 1. The fourth-order valence-corrected chi connectivity index (χ4v) is 6.90. The number of allylic oxidation sites excluding steroid dienone is 4. The van der Waals surface area contributed by atoms with Crippen molar-refractivity contribution in [2.45, 2.75) is 23.2 Å². The number of nitrogens with zero attached hydrogens (tertiary/aromatic N) is 4. The molecule has 1 N–H and O–H groups in total. The van der Waals surface area contributed by atoms with Crippen LogP contribution in [0.2, 0.25) is 0 Å². The van der Waals surface area contributed by atoms with Crippen LogP contribution in [0.25, 0.3) is 10.2 Å². The van der Waals surface area contributed by atoms with Crippen molar-refractivity contribution in [1.82, 2.24) is 4.98 Å². The topological polar surface area (TPSA) is 103 Å². The summed E-state index contributed by atoms with van der Waals surface area (Å²) in [4.78, 5) is 18.4. The summed E-state index contributed by atoms with van der Waals surface area (Å²) in [6.07, 6.45) is 7.93. The smallest absolute Gasteiger partial charge is 0.282 e. The number of hydrogen-bond donors (Lipinski definition) is 1. The third-order valence-electron chi connectivity index (χ3n) is 5.42. The van der Waals surface area contributed by atoms with Crippen LogP contribution in [0.4, 0.5) is 10.8 Å². The average Bonchev–Trinajstić information content (AvgIpc) is 3.48. The predicted octanol–water partition coefficient (Wildman–Crippen LogP) is 4.68. The fraction of sp³-hybridized carbons (Fsp3) is 0.174. The number of carbonyl (C=O) groups excluding carboxylic acids is 1. The van der Waals surface area contributed by atoms with Crippen molar-refractivity contribution >= 4 is 65.9 Å². The standard InChI is InChI=1S/C23H20N4O4S3/c1-2-3-4-8-16-14-23(27(25-16)17-9-7-10-18(13-17)34(29,30)31)26(21(28)15-32-23)22-24-19-11-5-6-12-20(19)33-22/h2-13H,14-15H2,1H3,(H,29,30,31). The summed E-state index contributed by atoms with van der Waals surface area (Å²) in [6, 6.07) is 13.6. The summed E-state index contributed by atoms with van der Waals surface area (Å²) in [5.41, 5.74) is 1.97. The Morgan fingerprint density at radius 3 is 2.74 bits per heavy atom. The van der Waals surface area contributed by atoms with E-state index in [1.807, 2.05) is 55.5 Å². The van der Waals surface area contributed by atoms with Gasteiger partial charge in [0.2, 0.25) is 5.91 Å². The fourth-order valence-electron chi connectivity index (χ4n) is 3.96. The molecule has 1 spiro atoms. The molecule has 1 fully saturated rings. The Kier molecular flexibility index (Phi) is 5.80. The molecule has 1 amide bonds. The summed E-state index contributed by atoms with van der Waals surface area (Å²) in [5.74, 6) is 0.125. The molecule has 1 aromatic heterocycles. The van der Waals surface area contributed by atoms with Gasteiger partial charge in [0.05, 0.1) is 32.3 Å². The molecule has 2 aliphatic rings.